The van der Waals surface area contributed by atoms with Crippen LogP contribution >= 0.6 is 0 Å². The average Bonchev–Trinajstić information content (AvgIpc) is 2.53. The molecule has 1 N–H and O–H groups in total. The topological polar surface area (TPSA) is 70.5 Å². The van der Waals surface area contributed by atoms with E-state index in [0.29, 0.717) is 12.1 Å². The maximum atomic E-state index is 12.5. The summed E-state index contributed by atoms with van der Waals surface area (Å²) in [4.78, 5) is 29.3. The predicted molar refractivity (Wildman–Crippen MR) is 85.9 cm³/mol. The number of carboxylic acids is 1. The number of carbonyl (C=O) groups excluding carboxylic acids is 1. The molecule has 0 radical (unpaired) electrons. The fourth-order valence-electron chi connectivity index (χ4n) is 2.36. The number of hydrogen-bond donors (Lipinski definition) is 1. The van der Waals surface area contributed by atoms with Crippen molar-refractivity contribution in [2.24, 2.45) is 0 Å². The Labute approximate surface area is 129 Å². The first-order chi connectivity index (χ1) is 10.6. The van der Waals surface area contributed by atoms with Gasteiger partial charge in [0.25, 0.3) is 0 Å². The average molecular weight is 300 g/mol. The van der Waals surface area contributed by atoms with E-state index in [0.717, 1.165) is 23.7 Å². The molecular weight excluding hydrogens is 280 g/mol. The number of nitrogens with zero attached hydrogens (tertiary/aromatic N) is 2. The first kappa shape index (κ1) is 15.9. The van der Waals surface area contributed by atoms with Gasteiger partial charge in [-0.2, -0.15) is 0 Å². The third kappa shape index (κ3) is 3.81. The summed E-state index contributed by atoms with van der Waals surface area (Å²) in [7, 11) is 0. The van der Waals surface area contributed by atoms with Crippen LogP contribution in [0.3, 0.4) is 0 Å². The van der Waals surface area contributed by atoms with Crippen molar-refractivity contribution >= 4 is 28.5 Å². The number of amides is 1. The highest BCUT2D eigenvalue weighted by Gasteiger charge is 2.19. The molecule has 116 valence electrons. The molecule has 0 aliphatic heterocycles. The van der Waals surface area contributed by atoms with E-state index in [2.05, 4.69) is 4.98 Å². The lowest BCUT2D eigenvalue weighted by Crippen LogP contribution is -2.33. The van der Waals surface area contributed by atoms with Crippen molar-refractivity contribution in [1.29, 1.82) is 0 Å². The van der Waals surface area contributed by atoms with Crippen molar-refractivity contribution in [1.82, 2.24) is 4.98 Å². The molecule has 0 saturated carbocycles. The number of para-hydroxylation sites is 1. The van der Waals surface area contributed by atoms with Crippen LogP contribution in [0.4, 0.5) is 5.69 Å². The molecule has 2 rings (SSSR count). The highest BCUT2D eigenvalue weighted by atomic mass is 16.4. The third-order valence-corrected chi connectivity index (χ3v) is 3.50. The summed E-state index contributed by atoms with van der Waals surface area (Å²) in [5.74, 6) is -0.970. The number of carboxylic acid groups (broad SMARTS) is 1. The number of hydrogen-bond acceptors (Lipinski definition) is 3. The molecule has 0 saturated heterocycles. The number of unbranched alkanes of at least 4 members (excludes halogenated alkanes) is 1. The maximum Gasteiger partial charge on any atom is 0.305 e. The Morgan fingerprint density at radius 2 is 1.95 bits per heavy atom. The van der Waals surface area contributed by atoms with Crippen molar-refractivity contribution < 1.29 is 14.7 Å². The molecule has 5 nitrogen and oxygen atoms in total. The van der Waals surface area contributed by atoms with Gasteiger partial charge in [0.15, 0.2) is 0 Å². The second-order valence-electron chi connectivity index (χ2n) is 5.14. The van der Waals surface area contributed by atoms with E-state index in [1.807, 2.05) is 37.3 Å². The quantitative estimate of drug-likeness (QED) is 0.852. The second-order valence-corrected chi connectivity index (χ2v) is 5.14. The summed E-state index contributed by atoms with van der Waals surface area (Å²) >= 11 is 0. The van der Waals surface area contributed by atoms with Crippen molar-refractivity contribution in [3.63, 3.8) is 0 Å². The monoisotopic (exact) mass is 300 g/mol. The lowest BCUT2D eigenvalue weighted by Gasteiger charge is -2.23. The van der Waals surface area contributed by atoms with Gasteiger partial charge in [0.2, 0.25) is 5.91 Å². The van der Waals surface area contributed by atoms with E-state index in [1.165, 1.54) is 0 Å². The fraction of sp³-hybridized carbons (Fsp3) is 0.353. The molecule has 1 aromatic carbocycles. The second kappa shape index (κ2) is 7.54. The molecule has 0 aliphatic rings. The lowest BCUT2D eigenvalue weighted by molar-refractivity contribution is -0.136. The molecule has 0 aliphatic carbocycles. The largest absolute Gasteiger partial charge is 0.481 e. The summed E-state index contributed by atoms with van der Waals surface area (Å²) in [6.45, 7) is 2.18. The fourth-order valence-corrected chi connectivity index (χ4v) is 2.36. The van der Waals surface area contributed by atoms with Crippen LogP contribution < -0.4 is 4.90 Å². The van der Waals surface area contributed by atoms with Crippen LogP contribution in [0.2, 0.25) is 0 Å². The Hall–Kier alpha value is -2.43. The zero-order valence-electron chi connectivity index (χ0n) is 12.7. The van der Waals surface area contributed by atoms with Gasteiger partial charge < -0.3 is 10.0 Å². The highest BCUT2D eigenvalue weighted by Crippen LogP contribution is 2.25. The van der Waals surface area contributed by atoms with Gasteiger partial charge in [0.05, 0.1) is 17.6 Å². The number of carbonyl (C=O) groups is 2. The molecule has 0 atom stereocenters. The van der Waals surface area contributed by atoms with E-state index < -0.39 is 5.97 Å². The molecule has 0 spiro atoms. The van der Waals surface area contributed by atoms with Crippen LogP contribution in [-0.2, 0) is 9.59 Å². The van der Waals surface area contributed by atoms with E-state index in [-0.39, 0.29) is 18.9 Å². The van der Waals surface area contributed by atoms with Gasteiger partial charge in [0.1, 0.15) is 0 Å². The summed E-state index contributed by atoms with van der Waals surface area (Å²) in [6.07, 6.45) is 3.73. The van der Waals surface area contributed by atoms with Gasteiger partial charge in [-0.3, -0.25) is 14.6 Å². The first-order valence-corrected chi connectivity index (χ1v) is 7.49. The van der Waals surface area contributed by atoms with Gasteiger partial charge >= 0.3 is 5.97 Å². The van der Waals surface area contributed by atoms with E-state index in [1.54, 1.807) is 11.1 Å². The van der Waals surface area contributed by atoms with Crippen LogP contribution in [0.1, 0.15) is 32.6 Å². The summed E-state index contributed by atoms with van der Waals surface area (Å²) < 4.78 is 0. The summed E-state index contributed by atoms with van der Waals surface area (Å²) in [5.41, 5.74) is 1.40. The van der Waals surface area contributed by atoms with Crippen LogP contribution in [0.25, 0.3) is 10.9 Å². The van der Waals surface area contributed by atoms with Crippen molar-refractivity contribution in [2.75, 3.05) is 11.4 Å². The van der Waals surface area contributed by atoms with Crippen LogP contribution in [0.5, 0.6) is 0 Å². The molecule has 0 bridgehead atoms. The van der Waals surface area contributed by atoms with Gasteiger partial charge in [-0.25, -0.2) is 0 Å². The van der Waals surface area contributed by atoms with Crippen molar-refractivity contribution in [3.8, 4) is 0 Å². The smallest absolute Gasteiger partial charge is 0.305 e. The van der Waals surface area contributed by atoms with Crippen LogP contribution in [0, 0.1) is 0 Å². The van der Waals surface area contributed by atoms with Crippen LogP contribution in [0.15, 0.2) is 36.5 Å². The number of fused-ring (bicyclic) bond motifs is 1. The van der Waals surface area contributed by atoms with Gasteiger partial charge in [-0.1, -0.05) is 31.5 Å². The molecule has 1 aromatic heterocycles. The van der Waals surface area contributed by atoms with Gasteiger partial charge in [-0.15, -0.1) is 0 Å². The van der Waals surface area contributed by atoms with Gasteiger partial charge in [0, 0.05) is 24.5 Å². The minimum atomic E-state index is -0.915. The molecule has 1 amide bonds. The number of aliphatic carboxylic acids is 1. The minimum absolute atomic E-state index is 0.0544. The molecule has 5 heteroatoms. The molecule has 1 heterocycles. The van der Waals surface area contributed by atoms with Crippen LogP contribution in [-0.4, -0.2) is 28.5 Å². The van der Waals surface area contributed by atoms with E-state index >= 15 is 0 Å². The zero-order chi connectivity index (χ0) is 15.9. The molecule has 22 heavy (non-hydrogen) atoms. The summed E-state index contributed by atoms with van der Waals surface area (Å²) in [6, 6.07) is 9.38. The number of rotatable bonds is 7. The Bertz CT molecular complexity index is 665. The minimum Gasteiger partial charge on any atom is -0.481 e. The van der Waals surface area contributed by atoms with E-state index in [4.69, 9.17) is 5.11 Å². The maximum absolute atomic E-state index is 12.5. The predicted octanol–water partition coefficient (Wildman–Crippen LogP) is 3.23. The Balaban J connectivity index is 2.37. The SMILES string of the molecule is CCCCC(=O)N(CCC(=O)O)c1cccc2cccnc12. The zero-order valence-corrected chi connectivity index (χ0v) is 12.7. The standard InChI is InChI=1S/C17H20N2O3/c1-2-3-9-15(20)19(12-10-16(21)22)14-8-4-6-13-7-5-11-18-17(13)14/h4-8,11H,2-3,9-10,12H2,1H3,(H,21,22). The van der Waals surface area contributed by atoms with Crippen molar-refractivity contribution in [2.45, 2.75) is 32.6 Å². The number of anilines is 1. The normalized spacial score (nSPS) is 10.6. The molecule has 0 fully saturated rings. The molecule has 0 unspecified atom stereocenters. The van der Waals surface area contributed by atoms with E-state index in [9.17, 15) is 9.59 Å². The number of benzene rings is 1. The lowest BCUT2D eigenvalue weighted by atomic mass is 10.1. The Kier molecular flexibility index (Phi) is 5.47. The Morgan fingerprint density at radius 3 is 2.68 bits per heavy atom. The molecule has 2 aromatic rings. The van der Waals surface area contributed by atoms with Crippen molar-refractivity contribution in [3.05, 3.63) is 36.5 Å². The number of pyridine rings is 1. The van der Waals surface area contributed by atoms with Gasteiger partial charge in [-0.05, 0) is 18.6 Å². The number of aromatic nitrogens is 1. The molecular formula is C17H20N2O3. The third-order valence-electron chi connectivity index (χ3n) is 3.50. The first-order valence-electron chi connectivity index (χ1n) is 7.49. The highest BCUT2D eigenvalue weighted by molar-refractivity contribution is 6.02. The Morgan fingerprint density at radius 1 is 1.18 bits per heavy atom. The summed E-state index contributed by atoms with van der Waals surface area (Å²) in [5, 5.41) is 9.86.